The van der Waals surface area contributed by atoms with E-state index >= 15 is 0 Å². The Kier molecular flexibility index (Phi) is 3.30. The molecule has 0 saturated heterocycles. The largest absolute Gasteiger partial charge is 0.269 e. The van der Waals surface area contributed by atoms with Crippen molar-refractivity contribution >= 4 is 29.2 Å². The summed E-state index contributed by atoms with van der Waals surface area (Å²) < 4.78 is 0. The van der Waals surface area contributed by atoms with Gasteiger partial charge in [0.1, 0.15) is 5.01 Å². The van der Waals surface area contributed by atoms with Crippen LogP contribution in [0, 0.1) is 17.0 Å². The van der Waals surface area contributed by atoms with Crippen molar-refractivity contribution in [2.45, 2.75) is 6.92 Å². The van der Waals surface area contributed by atoms with Crippen LogP contribution in [0.4, 0.5) is 5.69 Å². The third-order valence-electron chi connectivity index (χ3n) is 2.16. The van der Waals surface area contributed by atoms with E-state index in [0.29, 0.717) is 0 Å². The fourth-order valence-corrected chi connectivity index (χ4v) is 2.01. The fraction of sp³-hybridized carbons (Fsp3) is 0.0833. The average molecular weight is 246 g/mol. The Hall–Kier alpha value is -2.01. The molecule has 0 unspecified atom stereocenters. The van der Waals surface area contributed by atoms with Crippen molar-refractivity contribution in [1.82, 2.24) is 4.98 Å². The summed E-state index contributed by atoms with van der Waals surface area (Å²) in [5, 5.41) is 13.4. The maximum absolute atomic E-state index is 10.5. The first-order chi connectivity index (χ1) is 8.15. The number of hydrogen-bond donors (Lipinski definition) is 0. The van der Waals surface area contributed by atoms with Crippen molar-refractivity contribution in [1.29, 1.82) is 0 Å². The summed E-state index contributed by atoms with van der Waals surface area (Å²) in [5.41, 5.74) is 2.02. The predicted molar refractivity (Wildman–Crippen MR) is 68.9 cm³/mol. The number of non-ortho nitro benzene ring substituents is 1. The van der Waals surface area contributed by atoms with Gasteiger partial charge in [0, 0.05) is 23.2 Å². The highest BCUT2D eigenvalue weighted by Gasteiger charge is 2.02. The van der Waals surface area contributed by atoms with Gasteiger partial charge in [0.2, 0.25) is 0 Å². The van der Waals surface area contributed by atoms with Crippen LogP contribution in [0.25, 0.3) is 12.2 Å². The first kappa shape index (κ1) is 11.5. The highest BCUT2D eigenvalue weighted by Crippen LogP contribution is 2.16. The second kappa shape index (κ2) is 4.88. The number of nitro benzene ring substituents is 1. The molecule has 1 heterocycles. The van der Waals surface area contributed by atoms with E-state index in [4.69, 9.17) is 0 Å². The molecule has 0 atom stereocenters. The van der Waals surface area contributed by atoms with E-state index in [9.17, 15) is 10.1 Å². The van der Waals surface area contributed by atoms with Gasteiger partial charge in [0.15, 0.2) is 0 Å². The lowest BCUT2D eigenvalue weighted by atomic mass is 10.2. The third kappa shape index (κ3) is 2.98. The molecular formula is C12H10N2O2S. The molecule has 0 fully saturated rings. The molecule has 1 aromatic carbocycles. The number of aromatic nitrogens is 1. The number of aryl methyl sites for hydroxylation is 1. The molecule has 2 rings (SSSR count). The molecule has 0 saturated carbocycles. The fourth-order valence-electron chi connectivity index (χ4n) is 1.32. The van der Waals surface area contributed by atoms with E-state index in [1.807, 2.05) is 24.5 Å². The zero-order valence-electron chi connectivity index (χ0n) is 9.16. The number of benzene rings is 1. The molecule has 17 heavy (non-hydrogen) atoms. The maximum atomic E-state index is 10.5. The van der Waals surface area contributed by atoms with Crippen LogP contribution in [-0.2, 0) is 0 Å². The molecule has 86 valence electrons. The Morgan fingerprint density at radius 1 is 1.29 bits per heavy atom. The molecule has 2 aromatic rings. The van der Waals surface area contributed by atoms with E-state index in [1.54, 1.807) is 23.5 Å². The Balaban J connectivity index is 2.13. The normalized spacial score (nSPS) is 10.9. The third-order valence-corrected chi connectivity index (χ3v) is 3.09. The van der Waals surface area contributed by atoms with E-state index in [2.05, 4.69) is 4.98 Å². The van der Waals surface area contributed by atoms with Crippen LogP contribution in [0.3, 0.4) is 0 Å². The van der Waals surface area contributed by atoms with Crippen LogP contribution in [0.15, 0.2) is 29.6 Å². The van der Waals surface area contributed by atoms with Gasteiger partial charge in [-0.25, -0.2) is 4.98 Å². The summed E-state index contributed by atoms with van der Waals surface area (Å²) in [7, 11) is 0. The Bertz CT molecular complexity index is 558. The van der Waals surface area contributed by atoms with Crippen LogP contribution < -0.4 is 0 Å². The number of nitrogens with zero attached hydrogens (tertiary/aromatic N) is 2. The van der Waals surface area contributed by atoms with E-state index < -0.39 is 4.92 Å². The molecule has 0 spiro atoms. The molecule has 0 N–H and O–H groups in total. The zero-order valence-corrected chi connectivity index (χ0v) is 9.98. The van der Waals surface area contributed by atoms with Gasteiger partial charge in [0.05, 0.1) is 4.92 Å². The first-order valence-electron chi connectivity index (χ1n) is 5.00. The topological polar surface area (TPSA) is 56.0 Å². The number of hydrogen-bond acceptors (Lipinski definition) is 4. The second-order valence-electron chi connectivity index (χ2n) is 3.51. The molecular weight excluding hydrogens is 236 g/mol. The lowest BCUT2D eigenvalue weighted by molar-refractivity contribution is -0.384. The van der Waals surface area contributed by atoms with Crippen molar-refractivity contribution in [3.8, 4) is 0 Å². The van der Waals surface area contributed by atoms with Crippen molar-refractivity contribution in [3.05, 3.63) is 56.0 Å². The van der Waals surface area contributed by atoms with Crippen LogP contribution in [0.5, 0.6) is 0 Å². The zero-order chi connectivity index (χ0) is 12.3. The summed E-state index contributed by atoms with van der Waals surface area (Å²) in [6, 6.07) is 6.42. The maximum Gasteiger partial charge on any atom is 0.269 e. The summed E-state index contributed by atoms with van der Waals surface area (Å²) in [5.74, 6) is 0. The minimum atomic E-state index is -0.405. The quantitative estimate of drug-likeness (QED) is 0.615. The number of thiazole rings is 1. The minimum absolute atomic E-state index is 0.104. The van der Waals surface area contributed by atoms with Gasteiger partial charge in [-0.1, -0.05) is 6.08 Å². The van der Waals surface area contributed by atoms with Gasteiger partial charge in [-0.05, 0) is 30.7 Å². The number of rotatable bonds is 3. The molecule has 4 nitrogen and oxygen atoms in total. The van der Waals surface area contributed by atoms with Crippen LogP contribution in [0.2, 0.25) is 0 Å². The average Bonchev–Trinajstić information content (AvgIpc) is 2.73. The molecule has 0 amide bonds. The van der Waals surface area contributed by atoms with Crippen molar-refractivity contribution in [3.63, 3.8) is 0 Å². The van der Waals surface area contributed by atoms with Gasteiger partial charge >= 0.3 is 0 Å². The molecule has 1 aromatic heterocycles. The summed E-state index contributed by atoms with van der Waals surface area (Å²) >= 11 is 1.57. The van der Waals surface area contributed by atoms with Crippen LogP contribution >= 0.6 is 11.3 Å². The Morgan fingerprint density at radius 3 is 2.53 bits per heavy atom. The van der Waals surface area contributed by atoms with Gasteiger partial charge in [-0.2, -0.15) is 0 Å². The molecule has 0 aliphatic heterocycles. The van der Waals surface area contributed by atoms with Crippen LogP contribution in [-0.4, -0.2) is 9.91 Å². The smallest absolute Gasteiger partial charge is 0.258 e. The van der Waals surface area contributed by atoms with Gasteiger partial charge in [-0.15, -0.1) is 11.3 Å². The summed E-state index contributed by atoms with van der Waals surface area (Å²) in [6.45, 7) is 1.94. The highest BCUT2D eigenvalue weighted by atomic mass is 32.1. The molecule has 5 heteroatoms. The monoisotopic (exact) mass is 246 g/mol. The molecule has 0 aliphatic rings. The summed E-state index contributed by atoms with van der Waals surface area (Å²) in [4.78, 5) is 14.4. The van der Waals surface area contributed by atoms with Gasteiger partial charge < -0.3 is 0 Å². The van der Waals surface area contributed by atoms with Gasteiger partial charge in [0.25, 0.3) is 5.69 Å². The van der Waals surface area contributed by atoms with Crippen molar-refractivity contribution < 1.29 is 4.92 Å². The Labute approximate surface area is 102 Å². The standard InChI is InChI=1S/C12H10N2O2S/c1-9-8-17-12(13-9)7-4-10-2-5-11(6-3-10)14(15)16/h2-8H,1H3/b7-4+. The SMILES string of the molecule is Cc1csc(/C=C/c2ccc([N+](=O)[O-])cc2)n1. The van der Waals surface area contributed by atoms with E-state index in [0.717, 1.165) is 16.3 Å². The van der Waals surface area contributed by atoms with Crippen LogP contribution in [0.1, 0.15) is 16.3 Å². The number of nitro groups is 1. The predicted octanol–water partition coefficient (Wildman–Crippen LogP) is 3.53. The van der Waals surface area contributed by atoms with Gasteiger partial charge in [-0.3, -0.25) is 10.1 Å². The Morgan fingerprint density at radius 2 is 2.00 bits per heavy atom. The first-order valence-corrected chi connectivity index (χ1v) is 5.88. The lowest BCUT2D eigenvalue weighted by Gasteiger charge is -1.92. The lowest BCUT2D eigenvalue weighted by Crippen LogP contribution is -1.86. The summed E-state index contributed by atoms with van der Waals surface area (Å²) in [6.07, 6.45) is 3.79. The van der Waals surface area contributed by atoms with E-state index in [1.165, 1.54) is 12.1 Å². The highest BCUT2D eigenvalue weighted by molar-refractivity contribution is 7.10. The molecule has 0 radical (unpaired) electrons. The molecule has 0 aliphatic carbocycles. The molecule has 0 bridgehead atoms. The second-order valence-corrected chi connectivity index (χ2v) is 4.40. The van der Waals surface area contributed by atoms with Crippen molar-refractivity contribution in [2.24, 2.45) is 0 Å². The van der Waals surface area contributed by atoms with Crippen molar-refractivity contribution in [2.75, 3.05) is 0 Å². The minimum Gasteiger partial charge on any atom is -0.258 e. The van der Waals surface area contributed by atoms with E-state index in [-0.39, 0.29) is 5.69 Å².